The minimum atomic E-state index is -0.789. The predicted molar refractivity (Wildman–Crippen MR) is 71.3 cm³/mol. The highest BCUT2D eigenvalue weighted by atomic mass is 16.7. The molecule has 1 N–H and O–H groups in total. The first-order valence-corrected chi connectivity index (χ1v) is 6.92. The molecule has 0 spiro atoms. The minimum Gasteiger partial charge on any atom is -0.467 e. The summed E-state index contributed by atoms with van der Waals surface area (Å²) in [7, 11) is 1.30. The van der Waals surface area contributed by atoms with E-state index in [1.54, 1.807) is 0 Å². The van der Waals surface area contributed by atoms with E-state index >= 15 is 0 Å². The number of carbonyl (C=O) groups excluding carboxylic acids is 1. The molecule has 2 aliphatic heterocycles. The molecule has 2 saturated heterocycles. The molecule has 2 aliphatic rings. The van der Waals surface area contributed by atoms with Gasteiger partial charge < -0.3 is 24.1 Å². The highest BCUT2D eigenvalue weighted by molar-refractivity contribution is 5.74. The largest absolute Gasteiger partial charge is 0.467 e. The van der Waals surface area contributed by atoms with E-state index in [0.717, 1.165) is 5.56 Å². The van der Waals surface area contributed by atoms with Crippen LogP contribution in [0.5, 0.6) is 0 Å². The third-order valence-corrected chi connectivity index (χ3v) is 3.77. The van der Waals surface area contributed by atoms with Crippen molar-refractivity contribution < 1.29 is 28.8 Å². The first-order chi connectivity index (χ1) is 10.2. The number of ether oxygens (including phenoxy) is 4. The Bertz CT molecular complexity index is 490. The van der Waals surface area contributed by atoms with Crippen LogP contribution in [0.25, 0.3) is 0 Å². The molecule has 5 unspecified atom stereocenters. The predicted octanol–water partition coefficient (Wildman–Crippen LogP) is 0.792. The van der Waals surface area contributed by atoms with Crippen molar-refractivity contribution in [2.24, 2.45) is 0 Å². The second kappa shape index (κ2) is 6.11. The van der Waals surface area contributed by atoms with Crippen molar-refractivity contribution in [3.63, 3.8) is 0 Å². The van der Waals surface area contributed by atoms with Crippen LogP contribution in [0.4, 0.5) is 0 Å². The second-order valence-electron chi connectivity index (χ2n) is 5.17. The molecule has 5 atom stereocenters. The second-order valence-corrected chi connectivity index (χ2v) is 5.17. The van der Waals surface area contributed by atoms with Crippen molar-refractivity contribution in [3.8, 4) is 0 Å². The monoisotopic (exact) mass is 294 g/mol. The quantitative estimate of drug-likeness (QED) is 0.813. The van der Waals surface area contributed by atoms with E-state index in [2.05, 4.69) is 4.74 Å². The number of methoxy groups -OCH3 is 1. The van der Waals surface area contributed by atoms with Crippen LogP contribution < -0.4 is 0 Å². The number of carbonyl (C=O) groups is 1. The summed E-state index contributed by atoms with van der Waals surface area (Å²) in [5.74, 6) is -0.488. The van der Waals surface area contributed by atoms with Gasteiger partial charge in [0.05, 0.1) is 19.8 Å². The summed E-state index contributed by atoms with van der Waals surface area (Å²) in [6.07, 6.45) is -2.91. The molecular weight excluding hydrogens is 276 g/mol. The lowest BCUT2D eigenvalue weighted by Crippen LogP contribution is -2.56. The summed E-state index contributed by atoms with van der Waals surface area (Å²) in [6, 6.07) is 9.51. The van der Waals surface area contributed by atoms with E-state index in [1.807, 2.05) is 30.3 Å². The topological polar surface area (TPSA) is 74.2 Å². The number of aliphatic hydroxyl groups is 1. The number of rotatable bonds is 2. The summed E-state index contributed by atoms with van der Waals surface area (Å²) in [5.41, 5.74) is 0.887. The molecule has 1 aromatic rings. The Morgan fingerprint density at radius 2 is 2.05 bits per heavy atom. The van der Waals surface area contributed by atoms with Gasteiger partial charge in [-0.05, 0) is 0 Å². The summed E-state index contributed by atoms with van der Waals surface area (Å²) in [4.78, 5) is 11.5. The Balaban J connectivity index is 1.69. The van der Waals surface area contributed by atoms with Crippen molar-refractivity contribution in [3.05, 3.63) is 35.9 Å². The molecule has 3 rings (SSSR count). The highest BCUT2D eigenvalue weighted by Crippen LogP contribution is 2.33. The lowest BCUT2D eigenvalue weighted by atomic mass is 9.97. The molecule has 21 heavy (non-hydrogen) atoms. The van der Waals surface area contributed by atoms with Gasteiger partial charge in [-0.3, -0.25) is 0 Å². The molecular formula is C15H18O6. The maximum absolute atomic E-state index is 11.5. The molecule has 0 aromatic heterocycles. The number of fused-ring (bicyclic) bond motifs is 1. The molecule has 0 radical (unpaired) electrons. The van der Waals surface area contributed by atoms with E-state index in [1.165, 1.54) is 7.11 Å². The van der Waals surface area contributed by atoms with Gasteiger partial charge in [0, 0.05) is 12.0 Å². The van der Waals surface area contributed by atoms with Crippen molar-refractivity contribution in [1.29, 1.82) is 0 Å². The lowest BCUT2D eigenvalue weighted by Gasteiger charge is -2.43. The average molecular weight is 294 g/mol. The van der Waals surface area contributed by atoms with Gasteiger partial charge in [0.1, 0.15) is 12.2 Å². The van der Waals surface area contributed by atoms with E-state index in [9.17, 15) is 9.90 Å². The molecule has 2 fully saturated rings. The van der Waals surface area contributed by atoms with Crippen LogP contribution in [0, 0.1) is 0 Å². The summed E-state index contributed by atoms with van der Waals surface area (Å²) in [5, 5.41) is 10.2. The van der Waals surface area contributed by atoms with E-state index in [4.69, 9.17) is 14.2 Å². The normalized spacial score (nSPS) is 35.8. The van der Waals surface area contributed by atoms with Gasteiger partial charge in [-0.1, -0.05) is 30.3 Å². The van der Waals surface area contributed by atoms with Gasteiger partial charge in [-0.2, -0.15) is 0 Å². The molecule has 0 bridgehead atoms. The van der Waals surface area contributed by atoms with Crippen molar-refractivity contribution in [1.82, 2.24) is 0 Å². The Labute approximate surface area is 122 Å². The SMILES string of the molecule is COC(=O)C1CC(O)C2OC(c3ccccc3)OCC2O1. The summed E-state index contributed by atoms with van der Waals surface area (Å²) >= 11 is 0. The van der Waals surface area contributed by atoms with Crippen LogP contribution in [-0.4, -0.2) is 49.2 Å². The summed E-state index contributed by atoms with van der Waals surface area (Å²) < 4.78 is 21.7. The zero-order chi connectivity index (χ0) is 14.8. The van der Waals surface area contributed by atoms with E-state index in [0.29, 0.717) is 0 Å². The standard InChI is InChI=1S/C15H18O6/c1-18-14(17)11-7-10(16)13-12(20-11)8-19-15(21-13)9-5-3-2-4-6-9/h2-6,10-13,15-16H,7-8H2,1H3. The first kappa shape index (κ1) is 14.5. The van der Waals surface area contributed by atoms with Gasteiger partial charge >= 0.3 is 5.97 Å². The van der Waals surface area contributed by atoms with Crippen molar-refractivity contribution in [2.45, 2.75) is 37.1 Å². The fourth-order valence-electron chi connectivity index (χ4n) is 2.69. The Kier molecular flexibility index (Phi) is 4.21. The Morgan fingerprint density at radius 1 is 1.29 bits per heavy atom. The maximum Gasteiger partial charge on any atom is 0.335 e. The molecule has 0 saturated carbocycles. The van der Waals surface area contributed by atoms with Gasteiger partial charge in [0.25, 0.3) is 0 Å². The van der Waals surface area contributed by atoms with Gasteiger partial charge in [-0.25, -0.2) is 4.79 Å². The van der Waals surface area contributed by atoms with E-state index < -0.39 is 36.7 Å². The molecule has 0 aliphatic carbocycles. The van der Waals surface area contributed by atoms with Crippen molar-refractivity contribution >= 4 is 5.97 Å². The molecule has 1 aromatic carbocycles. The number of benzene rings is 1. The summed E-state index contributed by atoms with van der Waals surface area (Å²) in [6.45, 7) is 0.259. The number of hydrogen-bond acceptors (Lipinski definition) is 6. The number of esters is 1. The zero-order valence-corrected chi connectivity index (χ0v) is 11.7. The van der Waals surface area contributed by atoms with Crippen LogP contribution in [-0.2, 0) is 23.7 Å². The van der Waals surface area contributed by atoms with Gasteiger partial charge in [0.15, 0.2) is 12.4 Å². The smallest absolute Gasteiger partial charge is 0.335 e. The fourth-order valence-corrected chi connectivity index (χ4v) is 2.69. The van der Waals surface area contributed by atoms with Crippen LogP contribution in [0.3, 0.4) is 0 Å². The average Bonchev–Trinajstić information content (AvgIpc) is 2.54. The lowest BCUT2D eigenvalue weighted by molar-refractivity contribution is -0.308. The van der Waals surface area contributed by atoms with Gasteiger partial charge in [0.2, 0.25) is 0 Å². The highest BCUT2D eigenvalue weighted by Gasteiger charge is 2.45. The zero-order valence-electron chi connectivity index (χ0n) is 11.7. The van der Waals surface area contributed by atoms with Crippen LogP contribution in [0.15, 0.2) is 30.3 Å². The third-order valence-electron chi connectivity index (χ3n) is 3.77. The molecule has 6 heteroatoms. The Hall–Kier alpha value is -1.47. The fraction of sp³-hybridized carbons (Fsp3) is 0.533. The number of hydrogen-bond donors (Lipinski definition) is 1. The molecule has 0 amide bonds. The maximum atomic E-state index is 11.5. The molecule has 6 nitrogen and oxygen atoms in total. The van der Waals surface area contributed by atoms with Gasteiger partial charge in [-0.15, -0.1) is 0 Å². The molecule has 2 heterocycles. The Morgan fingerprint density at radius 3 is 2.76 bits per heavy atom. The first-order valence-electron chi connectivity index (χ1n) is 6.92. The van der Waals surface area contributed by atoms with Crippen LogP contribution in [0.1, 0.15) is 18.3 Å². The van der Waals surface area contributed by atoms with E-state index in [-0.39, 0.29) is 13.0 Å². The minimum absolute atomic E-state index is 0.162. The molecule has 114 valence electrons. The third kappa shape index (κ3) is 2.94. The number of aliphatic hydroxyl groups excluding tert-OH is 1. The van der Waals surface area contributed by atoms with Crippen LogP contribution >= 0.6 is 0 Å². The van der Waals surface area contributed by atoms with Crippen molar-refractivity contribution in [2.75, 3.05) is 13.7 Å². The van der Waals surface area contributed by atoms with Crippen LogP contribution in [0.2, 0.25) is 0 Å².